The van der Waals surface area contributed by atoms with Crippen molar-refractivity contribution in [3.05, 3.63) is 0 Å². The van der Waals surface area contributed by atoms with Crippen molar-refractivity contribution >= 4 is 5.91 Å². The molecule has 1 heterocycles. The summed E-state index contributed by atoms with van der Waals surface area (Å²) in [5.74, 6) is 0.171. The topological polar surface area (TPSA) is 41.6 Å². The fraction of sp³-hybridized carbons (Fsp3) is 0.889. The Hall–Kier alpha value is -0.610. The van der Waals surface area contributed by atoms with E-state index in [0.717, 1.165) is 25.9 Å². The second-order valence-corrected chi connectivity index (χ2v) is 3.37. The van der Waals surface area contributed by atoms with Crippen LogP contribution < -0.4 is 5.32 Å². The average molecular weight is 186 g/mol. The van der Waals surface area contributed by atoms with Gasteiger partial charge < -0.3 is 15.0 Å². The summed E-state index contributed by atoms with van der Waals surface area (Å²) in [6.45, 7) is 2.05. The second kappa shape index (κ2) is 5.19. The summed E-state index contributed by atoms with van der Waals surface area (Å²) in [4.78, 5) is 13.3. The van der Waals surface area contributed by atoms with Crippen molar-refractivity contribution in [3.8, 4) is 0 Å². The van der Waals surface area contributed by atoms with Crippen molar-refractivity contribution in [2.45, 2.75) is 18.9 Å². The lowest BCUT2D eigenvalue weighted by molar-refractivity contribution is -0.133. The first kappa shape index (κ1) is 10.5. The SMILES string of the molecule is CNCC(=O)N1CCC[C@H](OC)C1. The molecule has 1 amide bonds. The van der Waals surface area contributed by atoms with Gasteiger partial charge in [0.15, 0.2) is 0 Å². The molecule has 1 aliphatic heterocycles. The third-order valence-corrected chi connectivity index (χ3v) is 2.39. The van der Waals surface area contributed by atoms with E-state index in [1.807, 2.05) is 4.90 Å². The number of ether oxygens (including phenoxy) is 1. The Kier molecular flexibility index (Phi) is 4.18. The van der Waals surface area contributed by atoms with Gasteiger partial charge >= 0.3 is 0 Å². The molecule has 1 fully saturated rings. The molecular weight excluding hydrogens is 168 g/mol. The third kappa shape index (κ3) is 2.97. The van der Waals surface area contributed by atoms with E-state index in [4.69, 9.17) is 4.74 Å². The summed E-state index contributed by atoms with van der Waals surface area (Å²) in [6, 6.07) is 0. The predicted octanol–water partition coefficient (Wildman–Crippen LogP) is -0.157. The van der Waals surface area contributed by atoms with Gasteiger partial charge in [0, 0.05) is 20.2 Å². The molecule has 76 valence electrons. The molecule has 1 N–H and O–H groups in total. The molecule has 4 nitrogen and oxygen atoms in total. The molecule has 0 aromatic rings. The van der Waals surface area contributed by atoms with Gasteiger partial charge in [-0.05, 0) is 19.9 Å². The van der Waals surface area contributed by atoms with Gasteiger partial charge in [-0.3, -0.25) is 4.79 Å². The van der Waals surface area contributed by atoms with Crippen molar-refractivity contribution in [1.82, 2.24) is 10.2 Å². The highest BCUT2D eigenvalue weighted by Gasteiger charge is 2.22. The van der Waals surface area contributed by atoms with Crippen LogP contribution in [0.25, 0.3) is 0 Å². The number of rotatable bonds is 3. The number of carbonyl (C=O) groups is 1. The maximum Gasteiger partial charge on any atom is 0.236 e. The van der Waals surface area contributed by atoms with Crippen molar-refractivity contribution < 1.29 is 9.53 Å². The first-order valence-corrected chi connectivity index (χ1v) is 4.73. The summed E-state index contributed by atoms with van der Waals surface area (Å²) >= 11 is 0. The highest BCUT2D eigenvalue weighted by molar-refractivity contribution is 5.78. The summed E-state index contributed by atoms with van der Waals surface area (Å²) in [7, 11) is 3.49. The predicted molar refractivity (Wildman–Crippen MR) is 50.5 cm³/mol. The molecule has 1 atom stereocenters. The van der Waals surface area contributed by atoms with E-state index >= 15 is 0 Å². The number of amides is 1. The second-order valence-electron chi connectivity index (χ2n) is 3.37. The maximum atomic E-state index is 11.5. The number of likely N-dealkylation sites (tertiary alicyclic amines) is 1. The van der Waals surface area contributed by atoms with Gasteiger partial charge in [0.1, 0.15) is 0 Å². The number of methoxy groups -OCH3 is 1. The minimum Gasteiger partial charge on any atom is -0.380 e. The third-order valence-electron chi connectivity index (χ3n) is 2.39. The van der Waals surface area contributed by atoms with Crippen LogP contribution in [0, 0.1) is 0 Å². The van der Waals surface area contributed by atoms with Crippen molar-refractivity contribution in [2.24, 2.45) is 0 Å². The number of hydrogen-bond acceptors (Lipinski definition) is 3. The average Bonchev–Trinajstić information content (AvgIpc) is 2.18. The van der Waals surface area contributed by atoms with Gasteiger partial charge in [-0.1, -0.05) is 0 Å². The van der Waals surface area contributed by atoms with Crippen LogP contribution >= 0.6 is 0 Å². The number of likely N-dealkylation sites (N-methyl/N-ethyl adjacent to an activating group) is 1. The lowest BCUT2D eigenvalue weighted by Gasteiger charge is -2.31. The molecule has 0 aromatic carbocycles. The Morgan fingerprint density at radius 1 is 1.69 bits per heavy atom. The molecule has 1 aliphatic rings. The molecule has 13 heavy (non-hydrogen) atoms. The quantitative estimate of drug-likeness (QED) is 0.666. The molecule has 0 spiro atoms. The first-order chi connectivity index (χ1) is 6.27. The summed E-state index contributed by atoms with van der Waals surface area (Å²) in [5, 5.41) is 2.87. The van der Waals surface area contributed by atoms with Crippen LogP contribution in [0.4, 0.5) is 0 Å². The Bertz CT molecular complexity index is 173. The smallest absolute Gasteiger partial charge is 0.236 e. The molecular formula is C9H18N2O2. The standard InChI is InChI=1S/C9H18N2O2/c1-10-6-9(12)11-5-3-4-8(7-11)13-2/h8,10H,3-7H2,1-2H3/t8-/m0/s1. The van der Waals surface area contributed by atoms with Crippen molar-refractivity contribution in [2.75, 3.05) is 33.8 Å². The minimum atomic E-state index is 0.171. The lowest BCUT2D eigenvalue weighted by Crippen LogP contribution is -2.45. The molecule has 0 aliphatic carbocycles. The van der Waals surface area contributed by atoms with Crippen LogP contribution in [0.1, 0.15) is 12.8 Å². The minimum absolute atomic E-state index is 0.171. The molecule has 0 saturated carbocycles. The van der Waals surface area contributed by atoms with Gasteiger partial charge in [0.25, 0.3) is 0 Å². The normalized spacial score (nSPS) is 23.2. The van der Waals surface area contributed by atoms with Crippen LogP contribution in [-0.2, 0) is 9.53 Å². The summed E-state index contributed by atoms with van der Waals surface area (Å²) < 4.78 is 5.24. The Morgan fingerprint density at radius 3 is 3.08 bits per heavy atom. The largest absolute Gasteiger partial charge is 0.380 e. The van der Waals surface area contributed by atoms with Gasteiger partial charge in [-0.2, -0.15) is 0 Å². The Labute approximate surface area is 79.2 Å². The zero-order valence-electron chi connectivity index (χ0n) is 8.38. The number of carbonyl (C=O) groups excluding carboxylic acids is 1. The van der Waals surface area contributed by atoms with Crippen molar-refractivity contribution in [1.29, 1.82) is 0 Å². The molecule has 0 bridgehead atoms. The molecule has 1 rings (SSSR count). The first-order valence-electron chi connectivity index (χ1n) is 4.73. The maximum absolute atomic E-state index is 11.5. The van der Waals surface area contributed by atoms with E-state index in [-0.39, 0.29) is 12.0 Å². The fourth-order valence-corrected chi connectivity index (χ4v) is 1.62. The summed E-state index contributed by atoms with van der Waals surface area (Å²) in [6.07, 6.45) is 2.35. The highest BCUT2D eigenvalue weighted by Crippen LogP contribution is 2.11. The van der Waals surface area contributed by atoms with Crippen LogP contribution in [0.5, 0.6) is 0 Å². The fourth-order valence-electron chi connectivity index (χ4n) is 1.62. The van der Waals surface area contributed by atoms with Crippen LogP contribution in [0.2, 0.25) is 0 Å². The monoisotopic (exact) mass is 186 g/mol. The molecule has 0 aromatic heterocycles. The van der Waals surface area contributed by atoms with Crippen molar-refractivity contribution in [3.63, 3.8) is 0 Å². The van der Waals surface area contributed by atoms with Gasteiger partial charge in [0.2, 0.25) is 5.91 Å². The van der Waals surface area contributed by atoms with E-state index in [0.29, 0.717) is 6.54 Å². The molecule has 0 unspecified atom stereocenters. The zero-order valence-corrected chi connectivity index (χ0v) is 8.38. The van der Waals surface area contributed by atoms with E-state index < -0.39 is 0 Å². The molecule has 1 saturated heterocycles. The molecule has 4 heteroatoms. The summed E-state index contributed by atoms with van der Waals surface area (Å²) in [5.41, 5.74) is 0. The highest BCUT2D eigenvalue weighted by atomic mass is 16.5. The number of hydrogen-bond donors (Lipinski definition) is 1. The number of piperidine rings is 1. The van der Waals surface area contributed by atoms with E-state index in [1.54, 1.807) is 14.2 Å². The molecule has 0 radical (unpaired) electrons. The Morgan fingerprint density at radius 2 is 2.46 bits per heavy atom. The lowest BCUT2D eigenvalue weighted by atomic mass is 10.1. The number of nitrogens with zero attached hydrogens (tertiary/aromatic N) is 1. The van der Waals surface area contributed by atoms with Gasteiger partial charge in [0.05, 0.1) is 12.6 Å². The zero-order chi connectivity index (χ0) is 9.68. The van der Waals surface area contributed by atoms with E-state index in [2.05, 4.69) is 5.32 Å². The van der Waals surface area contributed by atoms with Gasteiger partial charge in [-0.15, -0.1) is 0 Å². The van der Waals surface area contributed by atoms with Crippen LogP contribution in [0.3, 0.4) is 0 Å². The Balaban J connectivity index is 2.37. The van der Waals surface area contributed by atoms with Crippen LogP contribution in [0.15, 0.2) is 0 Å². The van der Waals surface area contributed by atoms with Gasteiger partial charge in [-0.25, -0.2) is 0 Å². The number of nitrogens with one attached hydrogen (secondary N) is 1. The van der Waals surface area contributed by atoms with Crippen LogP contribution in [-0.4, -0.2) is 50.7 Å². The van der Waals surface area contributed by atoms with E-state index in [1.165, 1.54) is 0 Å². The van der Waals surface area contributed by atoms with E-state index in [9.17, 15) is 4.79 Å².